The molecule has 0 fully saturated rings. The number of allylic oxidation sites excluding steroid dienone is 1. The molecule has 0 saturated carbocycles. The fourth-order valence-corrected chi connectivity index (χ4v) is 6.33. The first-order valence-corrected chi connectivity index (χ1v) is 13.6. The van der Waals surface area contributed by atoms with Crippen LogP contribution in [0, 0.1) is 0 Å². The highest BCUT2D eigenvalue weighted by molar-refractivity contribution is 9.10. The van der Waals surface area contributed by atoms with E-state index in [1.54, 1.807) is 32.6 Å². The van der Waals surface area contributed by atoms with E-state index in [-0.39, 0.29) is 12.2 Å². The number of aromatic nitrogens is 1. The van der Waals surface area contributed by atoms with Gasteiger partial charge in [0.1, 0.15) is 17.5 Å². The van der Waals surface area contributed by atoms with E-state index in [0.29, 0.717) is 37.7 Å². The third-order valence-corrected chi connectivity index (χ3v) is 8.02. The van der Waals surface area contributed by atoms with Crippen LogP contribution in [0.3, 0.4) is 0 Å². The van der Waals surface area contributed by atoms with Crippen molar-refractivity contribution >= 4 is 50.1 Å². The molecule has 5 rings (SSSR count). The Hall–Kier alpha value is -3.69. The summed E-state index contributed by atoms with van der Waals surface area (Å²) in [4.78, 5) is 32.5. The lowest BCUT2D eigenvalue weighted by Gasteiger charge is -2.27. The van der Waals surface area contributed by atoms with Crippen molar-refractivity contribution in [2.24, 2.45) is 4.99 Å². The Labute approximate surface area is 231 Å². The lowest BCUT2D eigenvalue weighted by atomic mass is 9.90. The Bertz CT molecular complexity index is 1790. The van der Waals surface area contributed by atoms with Crippen LogP contribution in [0.4, 0.5) is 0 Å². The van der Waals surface area contributed by atoms with Gasteiger partial charge in [-0.2, -0.15) is 0 Å². The molecule has 38 heavy (non-hydrogen) atoms. The lowest BCUT2D eigenvalue weighted by molar-refractivity contribution is -0.139. The molecule has 2 heterocycles. The van der Waals surface area contributed by atoms with Crippen LogP contribution in [0.15, 0.2) is 80.1 Å². The lowest BCUT2D eigenvalue weighted by Crippen LogP contribution is -2.40. The minimum Gasteiger partial charge on any atom is -0.496 e. The molecule has 0 bridgehead atoms. The second kappa shape index (κ2) is 10.6. The second-order valence-electron chi connectivity index (χ2n) is 8.60. The van der Waals surface area contributed by atoms with Gasteiger partial charge in [-0.3, -0.25) is 9.36 Å². The van der Waals surface area contributed by atoms with Gasteiger partial charge in [0.2, 0.25) is 0 Å². The van der Waals surface area contributed by atoms with Crippen molar-refractivity contribution in [1.82, 2.24) is 4.57 Å². The largest absolute Gasteiger partial charge is 0.496 e. The maximum Gasteiger partial charge on any atom is 0.338 e. The highest BCUT2D eigenvalue weighted by atomic mass is 79.9. The van der Waals surface area contributed by atoms with E-state index in [1.807, 2.05) is 60.7 Å². The molecule has 194 valence electrons. The van der Waals surface area contributed by atoms with Crippen molar-refractivity contribution in [2.75, 3.05) is 20.8 Å². The zero-order chi connectivity index (χ0) is 27.0. The van der Waals surface area contributed by atoms with Crippen LogP contribution in [0.5, 0.6) is 11.5 Å². The second-order valence-corrected chi connectivity index (χ2v) is 10.5. The van der Waals surface area contributed by atoms with Crippen LogP contribution >= 0.6 is 27.3 Å². The molecule has 1 atom stereocenters. The molecule has 0 aliphatic carbocycles. The quantitative estimate of drug-likeness (QED) is 0.302. The van der Waals surface area contributed by atoms with Crippen LogP contribution in [-0.2, 0) is 9.53 Å². The fourth-order valence-electron chi connectivity index (χ4n) is 4.72. The number of esters is 1. The first-order chi connectivity index (χ1) is 18.4. The number of carbonyl (C=O) groups is 1. The summed E-state index contributed by atoms with van der Waals surface area (Å²) in [7, 11) is 3.18. The van der Waals surface area contributed by atoms with E-state index in [0.717, 1.165) is 20.8 Å². The first-order valence-electron chi connectivity index (χ1n) is 12.0. The highest BCUT2D eigenvalue weighted by Crippen LogP contribution is 2.40. The topological polar surface area (TPSA) is 79.1 Å². The third kappa shape index (κ3) is 4.46. The zero-order valence-corrected chi connectivity index (χ0v) is 23.7. The molecule has 0 radical (unpaired) electrons. The SMILES string of the molecule is CCOC(=O)C1=C(C)N=c2s/c(=C\c3ccc(OC)c(Br)c3)c(=O)n2[C@@H]1c1c(OC)ccc2ccccc12. The molecule has 0 unspecified atom stereocenters. The highest BCUT2D eigenvalue weighted by Gasteiger charge is 2.36. The standard InChI is InChI=1S/C29H25BrN2O5S/c1-5-37-28(34)24-16(2)31-29-32(26(24)25-19-9-7-6-8-18(19)11-13-22(25)36-4)27(33)23(38-29)15-17-10-12-21(35-3)20(30)14-17/h6-15,26H,5H2,1-4H3/b23-15-/t26-/m0/s1. The van der Waals surface area contributed by atoms with Gasteiger partial charge >= 0.3 is 5.97 Å². The Balaban J connectivity index is 1.82. The van der Waals surface area contributed by atoms with Gasteiger partial charge in [0.05, 0.1) is 41.1 Å². The number of nitrogens with zero attached hydrogens (tertiary/aromatic N) is 2. The Morgan fingerprint density at radius 1 is 1.11 bits per heavy atom. The molecule has 3 aromatic carbocycles. The van der Waals surface area contributed by atoms with Gasteiger partial charge in [-0.25, -0.2) is 9.79 Å². The van der Waals surface area contributed by atoms with Gasteiger partial charge in [0.15, 0.2) is 4.80 Å². The molecule has 1 aromatic heterocycles. The number of benzene rings is 3. The number of hydrogen-bond donors (Lipinski definition) is 0. The normalized spacial score (nSPS) is 15.3. The number of rotatable bonds is 6. The van der Waals surface area contributed by atoms with Gasteiger partial charge in [-0.1, -0.05) is 47.7 Å². The average molecular weight is 593 g/mol. The smallest absolute Gasteiger partial charge is 0.338 e. The van der Waals surface area contributed by atoms with Crippen molar-refractivity contribution in [3.63, 3.8) is 0 Å². The van der Waals surface area contributed by atoms with Crippen LogP contribution < -0.4 is 24.4 Å². The molecule has 9 heteroatoms. The molecule has 0 amide bonds. The van der Waals surface area contributed by atoms with Gasteiger partial charge in [-0.05, 0) is 70.4 Å². The monoisotopic (exact) mass is 592 g/mol. The third-order valence-electron chi connectivity index (χ3n) is 6.41. The number of methoxy groups -OCH3 is 2. The summed E-state index contributed by atoms with van der Waals surface area (Å²) < 4.78 is 19.4. The zero-order valence-electron chi connectivity index (χ0n) is 21.3. The van der Waals surface area contributed by atoms with Gasteiger partial charge in [-0.15, -0.1) is 0 Å². The number of thiazole rings is 1. The van der Waals surface area contributed by atoms with Crippen molar-refractivity contribution in [1.29, 1.82) is 0 Å². The molecule has 0 saturated heterocycles. The average Bonchev–Trinajstić information content (AvgIpc) is 3.21. The van der Waals surface area contributed by atoms with Crippen molar-refractivity contribution in [3.05, 3.63) is 101 Å². The Morgan fingerprint density at radius 3 is 2.55 bits per heavy atom. The van der Waals surface area contributed by atoms with Gasteiger partial charge < -0.3 is 14.2 Å². The number of hydrogen-bond acceptors (Lipinski definition) is 7. The Morgan fingerprint density at radius 2 is 1.84 bits per heavy atom. The predicted molar refractivity (Wildman–Crippen MR) is 152 cm³/mol. The van der Waals surface area contributed by atoms with Gasteiger partial charge in [0, 0.05) is 5.56 Å². The summed E-state index contributed by atoms with van der Waals surface area (Å²) in [5.74, 6) is 0.752. The van der Waals surface area contributed by atoms with Crippen LogP contribution in [0.1, 0.15) is 31.0 Å². The number of halogens is 1. The van der Waals surface area contributed by atoms with E-state index in [4.69, 9.17) is 14.2 Å². The van der Waals surface area contributed by atoms with Crippen LogP contribution in [-0.4, -0.2) is 31.4 Å². The fraction of sp³-hybridized carbons (Fsp3) is 0.207. The molecule has 7 nitrogen and oxygen atoms in total. The van der Waals surface area contributed by atoms with Gasteiger partial charge in [0.25, 0.3) is 5.56 Å². The van der Waals surface area contributed by atoms with E-state index in [2.05, 4.69) is 20.9 Å². The first kappa shape index (κ1) is 25.9. The molecular formula is C29H25BrN2O5S. The minimum absolute atomic E-state index is 0.200. The summed E-state index contributed by atoms with van der Waals surface area (Å²) in [6.07, 6.45) is 1.81. The summed E-state index contributed by atoms with van der Waals surface area (Å²) in [5.41, 5.74) is 2.09. The summed E-state index contributed by atoms with van der Waals surface area (Å²) in [6, 6.07) is 16.5. The summed E-state index contributed by atoms with van der Waals surface area (Å²) >= 11 is 4.78. The van der Waals surface area contributed by atoms with Crippen LogP contribution in [0.25, 0.3) is 16.8 Å². The maximum atomic E-state index is 14.0. The minimum atomic E-state index is -0.781. The van der Waals surface area contributed by atoms with E-state index in [1.165, 1.54) is 11.3 Å². The predicted octanol–water partition coefficient (Wildman–Crippen LogP) is 4.73. The molecule has 4 aromatic rings. The number of fused-ring (bicyclic) bond motifs is 2. The van der Waals surface area contributed by atoms with Crippen molar-refractivity contribution in [2.45, 2.75) is 19.9 Å². The Kier molecular flexibility index (Phi) is 7.23. The van der Waals surface area contributed by atoms with Crippen molar-refractivity contribution < 1.29 is 19.0 Å². The van der Waals surface area contributed by atoms with Crippen molar-refractivity contribution in [3.8, 4) is 11.5 Å². The van der Waals surface area contributed by atoms with Crippen LogP contribution in [0.2, 0.25) is 0 Å². The summed E-state index contributed by atoms with van der Waals surface area (Å²) in [6.45, 7) is 3.73. The molecule has 0 N–H and O–H groups in total. The number of carbonyl (C=O) groups excluding carboxylic acids is 1. The molecule has 1 aliphatic rings. The number of ether oxygens (including phenoxy) is 3. The van der Waals surface area contributed by atoms with E-state index in [9.17, 15) is 9.59 Å². The molecule has 1 aliphatic heterocycles. The summed E-state index contributed by atoms with van der Waals surface area (Å²) in [5, 5.41) is 1.84. The molecular weight excluding hydrogens is 568 g/mol. The maximum absolute atomic E-state index is 14.0. The van der Waals surface area contributed by atoms with E-state index < -0.39 is 12.0 Å². The van der Waals surface area contributed by atoms with E-state index >= 15 is 0 Å². The molecule has 0 spiro atoms.